The summed E-state index contributed by atoms with van der Waals surface area (Å²) in [7, 11) is -4.56. The van der Waals surface area contributed by atoms with E-state index in [1.807, 2.05) is 19.9 Å². The third-order valence-corrected chi connectivity index (χ3v) is 5.18. The van der Waals surface area contributed by atoms with Crippen LogP contribution >= 0.6 is 10.7 Å². The van der Waals surface area contributed by atoms with Crippen LogP contribution in [0.2, 0.25) is 0 Å². The highest BCUT2D eigenvalue weighted by atomic mass is 35.7. The SMILES string of the molecule is Cc1cc(C)c(S(=O)(=O)Cl)cc1C.Cc1ccc(C)c(C)c1.O=S(=O)=O.O=S(=O)=O. The highest BCUT2D eigenvalue weighted by Gasteiger charge is 2.13. The molecule has 0 N–H and O–H groups in total. The zero-order chi connectivity index (χ0) is 24.2. The van der Waals surface area contributed by atoms with Gasteiger partial charge in [-0.05, 0) is 75.4 Å². The van der Waals surface area contributed by atoms with Crippen LogP contribution in [0, 0.1) is 41.5 Å². The van der Waals surface area contributed by atoms with Crippen molar-refractivity contribution in [3.05, 3.63) is 63.7 Å². The molecule has 8 nitrogen and oxygen atoms in total. The normalized spacial score (nSPS) is 9.57. The van der Waals surface area contributed by atoms with Gasteiger partial charge in [0.05, 0.1) is 4.90 Å². The molecule has 2 aromatic rings. The number of hydrogen-bond acceptors (Lipinski definition) is 8. The molecule has 0 saturated carbocycles. The van der Waals surface area contributed by atoms with Crippen LogP contribution < -0.4 is 0 Å². The Morgan fingerprint density at radius 3 is 1.30 bits per heavy atom. The van der Waals surface area contributed by atoms with Gasteiger partial charge >= 0.3 is 21.2 Å². The van der Waals surface area contributed by atoms with Crippen LogP contribution in [0.25, 0.3) is 0 Å². The van der Waals surface area contributed by atoms with Crippen LogP contribution in [0.3, 0.4) is 0 Å². The van der Waals surface area contributed by atoms with Crippen LogP contribution in [0.4, 0.5) is 0 Å². The standard InChI is InChI=1S/C9H11ClO2S.C9H12.2O3S/c1-6-4-8(3)9(5-7(6)2)13(10,11)12;1-7-4-5-8(2)9(3)6-7;2*1-4(2)3/h4-5H,1-3H3;4-6H,1-3H3;;. The van der Waals surface area contributed by atoms with E-state index in [9.17, 15) is 8.42 Å². The number of aryl methyl sites for hydroxylation is 6. The lowest BCUT2D eigenvalue weighted by Crippen LogP contribution is -1.96. The van der Waals surface area contributed by atoms with E-state index in [1.54, 1.807) is 13.0 Å². The summed E-state index contributed by atoms with van der Waals surface area (Å²) in [4.78, 5) is 0.206. The van der Waals surface area contributed by atoms with E-state index in [1.165, 1.54) is 16.7 Å². The first-order chi connectivity index (χ1) is 13.5. The molecule has 0 heterocycles. The quantitative estimate of drug-likeness (QED) is 0.546. The van der Waals surface area contributed by atoms with E-state index in [0.717, 1.165) is 11.1 Å². The first-order valence-corrected chi connectivity index (χ1v) is 12.4. The Bertz CT molecular complexity index is 1140. The molecule has 0 atom stereocenters. The fourth-order valence-electron chi connectivity index (χ4n) is 2.09. The molecule has 0 aromatic heterocycles. The molecule has 0 amide bonds. The Morgan fingerprint density at radius 2 is 0.967 bits per heavy atom. The summed E-state index contributed by atoms with van der Waals surface area (Å²) in [5.41, 5.74) is 6.80. The summed E-state index contributed by atoms with van der Waals surface area (Å²) in [6, 6.07) is 9.93. The second-order valence-electron chi connectivity index (χ2n) is 6.14. The molecule has 0 radical (unpaired) electrons. The topological polar surface area (TPSA) is 137 Å². The van der Waals surface area contributed by atoms with Crippen molar-refractivity contribution >= 4 is 41.0 Å². The average Bonchev–Trinajstić information content (AvgIpc) is 2.53. The Balaban J connectivity index is 0. The molecule has 0 fully saturated rings. The van der Waals surface area contributed by atoms with Gasteiger partial charge in [0, 0.05) is 10.7 Å². The molecule has 30 heavy (non-hydrogen) atoms. The van der Waals surface area contributed by atoms with Gasteiger partial charge in [-0.1, -0.05) is 29.8 Å². The zero-order valence-corrected chi connectivity index (χ0v) is 20.5. The van der Waals surface area contributed by atoms with Crippen LogP contribution in [-0.2, 0) is 30.3 Å². The van der Waals surface area contributed by atoms with Crippen molar-refractivity contribution in [1.29, 1.82) is 0 Å². The van der Waals surface area contributed by atoms with Gasteiger partial charge in [0.2, 0.25) is 0 Å². The van der Waals surface area contributed by atoms with E-state index in [0.29, 0.717) is 5.56 Å². The Kier molecular flexibility index (Phi) is 14.1. The molecule has 12 heteroatoms. The minimum atomic E-state index is -3.60. The van der Waals surface area contributed by atoms with E-state index in [-0.39, 0.29) is 4.90 Å². The predicted octanol–water partition coefficient (Wildman–Crippen LogP) is 3.14. The number of benzene rings is 2. The van der Waals surface area contributed by atoms with Crippen LogP contribution in [0.15, 0.2) is 35.2 Å². The number of rotatable bonds is 1. The summed E-state index contributed by atoms with van der Waals surface area (Å²) >= 11 is 0. The lowest BCUT2D eigenvalue weighted by molar-refractivity contribution is 0.557. The van der Waals surface area contributed by atoms with Gasteiger partial charge in [0.25, 0.3) is 9.05 Å². The minimum Gasteiger partial charge on any atom is -0.207 e. The molecular weight excluding hydrogens is 476 g/mol. The molecule has 2 rings (SSSR count). The fraction of sp³-hybridized carbons (Fsp3) is 0.333. The maximum Gasteiger partial charge on any atom is 0.425 e. The van der Waals surface area contributed by atoms with Crippen molar-refractivity contribution < 1.29 is 33.7 Å². The number of hydrogen-bond donors (Lipinski definition) is 0. The minimum absolute atomic E-state index is 0.206. The predicted molar refractivity (Wildman–Crippen MR) is 114 cm³/mol. The van der Waals surface area contributed by atoms with E-state index in [2.05, 4.69) is 39.0 Å². The third-order valence-electron chi connectivity index (χ3n) is 3.72. The van der Waals surface area contributed by atoms with Crippen LogP contribution in [0.1, 0.15) is 33.4 Å². The van der Waals surface area contributed by atoms with E-state index < -0.39 is 30.3 Å². The first-order valence-electron chi connectivity index (χ1n) is 8.08. The highest BCUT2D eigenvalue weighted by Crippen LogP contribution is 2.22. The molecule has 0 aliphatic carbocycles. The van der Waals surface area contributed by atoms with Gasteiger partial charge in [0.15, 0.2) is 0 Å². The molecule has 0 bridgehead atoms. The van der Waals surface area contributed by atoms with Gasteiger partial charge in [0.1, 0.15) is 0 Å². The van der Waals surface area contributed by atoms with Crippen molar-refractivity contribution in [1.82, 2.24) is 0 Å². The summed E-state index contributed by atoms with van der Waals surface area (Å²) in [6.45, 7) is 11.9. The highest BCUT2D eigenvalue weighted by molar-refractivity contribution is 8.13. The Hall–Kier alpha value is -2.08. The Morgan fingerprint density at radius 1 is 0.600 bits per heavy atom. The van der Waals surface area contributed by atoms with Crippen molar-refractivity contribution in [2.75, 3.05) is 0 Å². The van der Waals surface area contributed by atoms with Crippen molar-refractivity contribution in [3.63, 3.8) is 0 Å². The van der Waals surface area contributed by atoms with E-state index >= 15 is 0 Å². The van der Waals surface area contributed by atoms with Gasteiger partial charge in [-0.3, -0.25) is 0 Å². The fourth-order valence-corrected chi connectivity index (χ4v) is 3.35. The molecule has 0 spiro atoms. The van der Waals surface area contributed by atoms with Gasteiger partial charge in [-0.25, -0.2) is 8.42 Å². The maximum atomic E-state index is 11.1. The van der Waals surface area contributed by atoms with E-state index in [4.69, 9.17) is 35.9 Å². The molecule has 0 aliphatic heterocycles. The monoisotopic (exact) mass is 498 g/mol. The lowest BCUT2D eigenvalue weighted by atomic mass is 10.1. The molecule has 2 aromatic carbocycles. The Labute approximate surface area is 184 Å². The van der Waals surface area contributed by atoms with Crippen molar-refractivity contribution in [3.8, 4) is 0 Å². The van der Waals surface area contributed by atoms with Crippen LogP contribution in [-0.4, -0.2) is 33.7 Å². The second-order valence-corrected chi connectivity index (χ2v) is 9.49. The summed E-state index contributed by atoms with van der Waals surface area (Å²) < 4.78 is 72.8. The second kappa shape index (κ2) is 14.0. The molecule has 0 aliphatic rings. The summed E-state index contributed by atoms with van der Waals surface area (Å²) in [5.74, 6) is 0. The average molecular weight is 499 g/mol. The first kappa shape index (κ1) is 30.1. The van der Waals surface area contributed by atoms with Crippen molar-refractivity contribution in [2.24, 2.45) is 0 Å². The summed E-state index contributed by atoms with van der Waals surface area (Å²) in [5, 5.41) is 0. The molecule has 168 valence electrons. The lowest BCUT2D eigenvalue weighted by Gasteiger charge is -2.06. The molecule has 0 saturated heterocycles. The number of halogens is 1. The smallest absolute Gasteiger partial charge is 0.207 e. The van der Waals surface area contributed by atoms with Crippen LogP contribution in [0.5, 0.6) is 0 Å². The zero-order valence-electron chi connectivity index (χ0n) is 17.3. The largest absolute Gasteiger partial charge is 0.425 e. The maximum absolute atomic E-state index is 11.1. The van der Waals surface area contributed by atoms with Gasteiger partial charge in [-0.2, -0.15) is 0 Å². The van der Waals surface area contributed by atoms with Crippen molar-refractivity contribution in [2.45, 2.75) is 46.4 Å². The third kappa shape index (κ3) is 14.9. The van der Waals surface area contributed by atoms with Gasteiger partial charge in [-0.15, -0.1) is 25.3 Å². The molecular formula is C18H23ClO8S3. The van der Waals surface area contributed by atoms with Gasteiger partial charge < -0.3 is 0 Å². The molecule has 0 unspecified atom stereocenters. The summed E-state index contributed by atoms with van der Waals surface area (Å²) in [6.07, 6.45) is 0.